The Hall–Kier alpha value is -3.70. The molecule has 9 heteroatoms. The number of hydrogen-bond acceptors (Lipinski definition) is 4. The summed E-state index contributed by atoms with van der Waals surface area (Å²) >= 11 is 2.14. The summed E-state index contributed by atoms with van der Waals surface area (Å²) in [6, 6.07) is 32.9. The van der Waals surface area contributed by atoms with Crippen LogP contribution in [0.4, 0.5) is 5.69 Å². The molecule has 206 valence electrons. The minimum absolute atomic E-state index is 0.0723. The Kier molecular flexibility index (Phi) is 9.94. The lowest BCUT2D eigenvalue weighted by atomic mass is 10.0. The number of rotatable bonds is 11. The number of likely N-dealkylation sites (N-methyl/N-ethyl adjacent to an activating group) is 1. The van der Waals surface area contributed by atoms with Crippen LogP contribution in [-0.2, 0) is 32.6 Å². The molecule has 0 aliphatic carbocycles. The quantitative estimate of drug-likeness (QED) is 0.232. The van der Waals surface area contributed by atoms with Gasteiger partial charge in [0.1, 0.15) is 12.6 Å². The van der Waals surface area contributed by atoms with Crippen LogP contribution in [0.3, 0.4) is 0 Å². The van der Waals surface area contributed by atoms with Gasteiger partial charge in [-0.2, -0.15) is 0 Å². The fraction of sp³-hybridized carbons (Fsp3) is 0.161. The van der Waals surface area contributed by atoms with E-state index in [1.54, 1.807) is 42.5 Å². The Morgan fingerprint density at radius 1 is 0.775 bits per heavy atom. The van der Waals surface area contributed by atoms with E-state index in [-0.39, 0.29) is 23.8 Å². The van der Waals surface area contributed by atoms with Gasteiger partial charge in [-0.15, -0.1) is 0 Å². The van der Waals surface area contributed by atoms with E-state index in [0.29, 0.717) is 5.69 Å². The summed E-state index contributed by atoms with van der Waals surface area (Å²) in [6.07, 6.45) is 0.272. The van der Waals surface area contributed by atoms with Crippen LogP contribution >= 0.6 is 22.6 Å². The third-order valence-corrected chi connectivity index (χ3v) is 8.95. The van der Waals surface area contributed by atoms with Crippen molar-refractivity contribution < 1.29 is 18.0 Å². The van der Waals surface area contributed by atoms with Gasteiger partial charge in [0.25, 0.3) is 10.0 Å². The van der Waals surface area contributed by atoms with Gasteiger partial charge in [0, 0.05) is 23.6 Å². The smallest absolute Gasteiger partial charge is 0.264 e. The van der Waals surface area contributed by atoms with E-state index in [4.69, 9.17) is 0 Å². The van der Waals surface area contributed by atoms with Crippen molar-refractivity contribution in [3.8, 4) is 0 Å². The molecule has 1 atom stereocenters. The monoisotopic (exact) mass is 667 g/mol. The number of amides is 2. The number of nitrogens with one attached hydrogen (secondary N) is 1. The van der Waals surface area contributed by atoms with Crippen molar-refractivity contribution in [2.45, 2.75) is 23.9 Å². The highest BCUT2D eigenvalue weighted by atomic mass is 127. The van der Waals surface area contributed by atoms with E-state index in [1.807, 2.05) is 60.7 Å². The van der Waals surface area contributed by atoms with Gasteiger partial charge in [-0.3, -0.25) is 13.9 Å². The molecule has 0 unspecified atom stereocenters. The van der Waals surface area contributed by atoms with Crippen molar-refractivity contribution in [2.75, 3.05) is 17.9 Å². The molecule has 4 aromatic rings. The number of carbonyl (C=O) groups excluding carboxylic acids is 2. The zero-order chi connectivity index (χ0) is 28.5. The van der Waals surface area contributed by atoms with E-state index < -0.39 is 28.5 Å². The Labute approximate surface area is 249 Å². The zero-order valence-electron chi connectivity index (χ0n) is 22.0. The standard InChI is InChI=1S/C31H30IN3O4S/c1-33-31(37)29(21-24-11-5-2-6-12-24)34(22-25-13-7-3-8-14-25)30(36)23-35(27-19-17-26(32)18-20-27)40(38,39)28-15-9-4-10-16-28/h2-20,29H,21-23H2,1H3,(H,33,37)/t29-/m1/s1. The van der Waals surface area contributed by atoms with Gasteiger partial charge in [-0.1, -0.05) is 78.9 Å². The number of sulfonamides is 1. The second-order valence-corrected chi connectivity index (χ2v) is 12.2. The molecule has 0 saturated carbocycles. The third kappa shape index (κ3) is 7.28. The maximum Gasteiger partial charge on any atom is 0.264 e. The first kappa shape index (κ1) is 29.3. The van der Waals surface area contributed by atoms with Gasteiger partial charge in [0.05, 0.1) is 10.6 Å². The van der Waals surface area contributed by atoms with Gasteiger partial charge in [-0.05, 0) is 70.1 Å². The van der Waals surface area contributed by atoms with Crippen molar-refractivity contribution in [3.63, 3.8) is 0 Å². The van der Waals surface area contributed by atoms with Crippen molar-refractivity contribution in [1.82, 2.24) is 10.2 Å². The number of carbonyl (C=O) groups is 2. The summed E-state index contributed by atoms with van der Waals surface area (Å²) in [7, 11) is -2.56. The molecule has 1 N–H and O–H groups in total. The van der Waals surface area contributed by atoms with Gasteiger partial charge in [0.2, 0.25) is 11.8 Å². The molecule has 40 heavy (non-hydrogen) atoms. The van der Waals surface area contributed by atoms with Crippen molar-refractivity contribution >= 4 is 50.1 Å². The number of nitrogens with zero attached hydrogens (tertiary/aromatic N) is 2. The summed E-state index contributed by atoms with van der Waals surface area (Å²) in [6.45, 7) is -0.344. The van der Waals surface area contributed by atoms with Crippen LogP contribution in [0.2, 0.25) is 0 Å². The number of hydrogen-bond donors (Lipinski definition) is 1. The van der Waals surface area contributed by atoms with Crippen LogP contribution in [0.1, 0.15) is 11.1 Å². The summed E-state index contributed by atoms with van der Waals surface area (Å²) in [5, 5.41) is 2.69. The first-order valence-electron chi connectivity index (χ1n) is 12.7. The molecule has 0 saturated heterocycles. The maximum absolute atomic E-state index is 14.2. The normalized spacial score (nSPS) is 11.8. The van der Waals surface area contributed by atoms with Crippen molar-refractivity contribution in [3.05, 3.63) is 130 Å². The van der Waals surface area contributed by atoms with Gasteiger partial charge >= 0.3 is 0 Å². The van der Waals surface area contributed by atoms with Crippen molar-refractivity contribution in [2.24, 2.45) is 0 Å². The van der Waals surface area contributed by atoms with E-state index in [0.717, 1.165) is 19.0 Å². The van der Waals surface area contributed by atoms with Gasteiger partial charge in [-0.25, -0.2) is 8.42 Å². The van der Waals surface area contributed by atoms with Crippen LogP contribution in [0, 0.1) is 3.57 Å². The lowest BCUT2D eigenvalue weighted by molar-refractivity contribution is -0.139. The fourth-order valence-electron chi connectivity index (χ4n) is 4.36. The fourth-order valence-corrected chi connectivity index (χ4v) is 6.15. The molecule has 0 aliphatic rings. The lowest BCUT2D eigenvalue weighted by Crippen LogP contribution is -2.53. The molecule has 4 aromatic carbocycles. The highest BCUT2D eigenvalue weighted by Gasteiger charge is 2.34. The average molecular weight is 668 g/mol. The van der Waals surface area contributed by atoms with E-state index in [2.05, 4.69) is 27.9 Å². The number of halogens is 1. The van der Waals surface area contributed by atoms with Crippen LogP contribution in [0.5, 0.6) is 0 Å². The molecule has 4 rings (SSSR count). The molecule has 0 radical (unpaired) electrons. The first-order valence-corrected chi connectivity index (χ1v) is 15.2. The Bertz CT molecular complexity index is 1520. The van der Waals surface area contributed by atoms with E-state index in [9.17, 15) is 18.0 Å². The average Bonchev–Trinajstić information content (AvgIpc) is 2.99. The molecule has 0 heterocycles. The summed E-state index contributed by atoms with van der Waals surface area (Å²) in [4.78, 5) is 28.9. The molecule has 0 fully saturated rings. The topological polar surface area (TPSA) is 86.8 Å². The summed E-state index contributed by atoms with van der Waals surface area (Å²) < 4.78 is 29.8. The zero-order valence-corrected chi connectivity index (χ0v) is 25.0. The predicted molar refractivity (Wildman–Crippen MR) is 165 cm³/mol. The Balaban J connectivity index is 1.76. The molecular weight excluding hydrogens is 637 g/mol. The van der Waals surface area contributed by atoms with Gasteiger partial charge < -0.3 is 10.2 Å². The summed E-state index contributed by atoms with van der Waals surface area (Å²) in [5.74, 6) is -0.827. The number of benzene rings is 4. The second-order valence-electron chi connectivity index (χ2n) is 9.13. The minimum Gasteiger partial charge on any atom is -0.357 e. The van der Waals surface area contributed by atoms with Crippen LogP contribution in [-0.4, -0.2) is 44.8 Å². The lowest BCUT2D eigenvalue weighted by Gasteiger charge is -2.33. The summed E-state index contributed by atoms with van der Waals surface area (Å²) in [5.41, 5.74) is 2.06. The molecule has 0 spiro atoms. The SMILES string of the molecule is CNC(=O)[C@@H](Cc1ccccc1)N(Cc1ccccc1)C(=O)CN(c1ccc(I)cc1)S(=O)(=O)c1ccccc1. The largest absolute Gasteiger partial charge is 0.357 e. The third-order valence-electron chi connectivity index (χ3n) is 6.44. The molecule has 0 aromatic heterocycles. The van der Waals surface area contributed by atoms with Crippen LogP contribution in [0.15, 0.2) is 120 Å². The number of anilines is 1. The highest BCUT2D eigenvalue weighted by molar-refractivity contribution is 14.1. The minimum atomic E-state index is -4.10. The van der Waals surface area contributed by atoms with Crippen LogP contribution < -0.4 is 9.62 Å². The molecule has 7 nitrogen and oxygen atoms in total. The highest BCUT2D eigenvalue weighted by Crippen LogP contribution is 2.25. The van der Waals surface area contributed by atoms with E-state index in [1.165, 1.54) is 24.1 Å². The Morgan fingerprint density at radius 2 is 1.30 bits per heavy atom. The first-order chi connectivity index (χ1) is 19.3. The second kappa shape index (κ2) is 13.6. The molecular formula is C31H30IN3O4S. The molecule has 2 amide bonds. The molecule has 0 aliphatic heterocycles. The predicted octanol–water partition coefficient (Wildman–Crippen LogP) is 4.87. The van der Waals surface area contributed by atoms with Crippen LogP contribution in [0.25, 0.3) is 0 Å². The van der Waals surface area contributed by atoms with Crippen molar-refractivity contribution in [1.29, 1.82) is 0 Å². The maximum atomic E-state index is 14.2. The van der Waals surface area contributed by atoms with Gasteiger partial charge in [0.15, 0.2) is 0 Å². The molecule has 0 bridgehead atoms. The van der Waals surface area contributed by atoms with E-state index >= 15 is 0 Å². The Morgan fingerprint density at radius 3 is 1.85 bits per heavy atom.